The molecule has 0 spiro atoms. The highest BCUT2D eigenvalue weighted by Crippen LogP contribution is 2.36. The van der Waals surface area contributed by atoms with Crippen LogP contribution in [0.5, 0.6) is 0 Å². The molecule has 1 aliphatic heterocycles. The maximum Gasteiger partial charge on any atom is 0.487 e. The fourth-order valence-corrected chi connectivity index (χ4v) is 1.80. The van der Waals surface area contributed by atoms with Crippen LogP contribution < -0.4 is 0 Å². The molecule has 0 bridgehead atoms. The smallest absolute Gasteiger partial charge is 0.400 e. The van der Waals surface area contributed by atoms with Crippen molar-refractivity contribution in [2.24, 2.45) is 0 Å². The van der Waals surface area contributed by atoms with Gasteiger partial charge in [0.05, 0.1) is 22.6 Å². The van der Waals surface area contributed by atoms with Crippen LogP contribution in [0.15, 0.2) is 18.1 Å². The molecule has 19 heavy (non-hydrogen) atoms. The molecular weight excluding hydrogens is 244 g/mol. The highest BCUT2D eigenvalue weighted by molar-refractivity contribution is 6.52. The second-order valence-corrected chi connectivity index (χ2v) is 5.79. The molecule has 102 valence electrons. The van der Waals surface area contributed by atoms with Crippen molar-refractivity contribution in [1.82, 2.24) is 4.98 Å². The summed E-state index contributed by atoms with van der Waals surface area (Å²) in [5.74, 6) is 1.50. The molecule has 2 heterocycles. The third kappa shape index (κ3) is 2.87. The summed E-state index contributed by atoms with van der Waals surface area (Å²) < 4.78 is 24.8. The van der Waals surface area contributed by atoms with E-state index in [4.69, 9.17) is 9.31 Å². The third-order valence-corrected chi connectivity index (χ3v) is 3.74. The van der Waals surface area contributed by atoms with Gasteiger partial charge < -0.3 is 9.31 Å². The lowest BCUT2D eigenvalue weighted by Crippen LogP contribution is -2.41. The van der Waals surface area contributed by atoms with Gasteiger partial charge in [0.1, 0.15) is 5.82 Å². The van der Waals surface area contributed by atoms with Gasteiger partial charge in [-0.15, -0.1) is 0 Å². The van der Waals surface area contributed by atoms with Gasteiger partial charge in [-0.1, -0.05) is 5.98 Å². The molecule has 0 saturated carbocycles. The zero-order valence-electron chi connectivity index (χ0n) is 12.0. The first kappa shape index (κ1) is 14.2. The van der Waals surface area contributed by atoms with Crippen molar-refractivity contribution < 1.29 is 13.7 Å². The minimum absolute atomic E-state index is 0.298. The molecule has 0 atom stereocenters. The number of hydrogen-bond donors (Lipinski definition) is 0. The number of nitrogens with zero attached hydrogens (tertiary/aromatic N) is 1. The van der Waals surface area contributed by atoms with E-state index in [1.54, 1.807) is 25.0 Å². The molecule has 1 aliphatic rings. The lowest BCUT2D eigenvalue weighted by atomic mass is 9.89. The average Bonchev–Trinajstić information content (AvgIpc) is 2.49. The van der Waals surface area contributed by atoms with E-state index in [0.29, 0.717) is 11.4 Å². The van der Waals surface area contributed by atoms with Crippen LogP contribution in [0.1, 0.15) is 39.1 Å². The maximum atomic E-state index is 13.1. The van der Waals surface area contributed by atoms with Gasteiger partial charge in [0.15, 0.2) is 0 Å². The molecule has 0 aromatic carbocycles. The van der Waals surface area contributed by atoms with Crippen molar-refractivity contribution >= 4 is 13.2 Å². The minimum atomic E-state index is -0.405. The van der Waals surface area contributed by atoms with Crippen molar-refractivity contribution in [2.75, 3.05) is 0 Å². The lowest BCUT2D eigenvalue weighted by molar-refractivity contribution is 0.00578. The highest BCUT2D eigenvalue weighted by Gasteiger charge is 2.49. The van der Waals surface area contributed by atoms with Gasteiger partial charge in [0.25, 0.3) is 0 Å². The molecule has 1 aromatic rings. The quantitative estimate of drug-likeness (QED) is 0.768. The third-order valence-electron chi connectivity index (χ3n) is 3.74. The fraction of sp³-hybridized carbons (Fsp3) is 0.500. The number of aromatic nitrogens is 1. The first-order valence-electron chi connectivity index (χ1n) is 6.38. The topological polar surface area (TPSA) is 31.4 Å². The number of aryl methyl sites for hydroxylation is 1. The molecule has 2 rings (SSSR count). The van der Waals surface area contributed by atoms with Gasteiger partial charge in [-0.25, -0.2) is 4.39 Å². The summed E-state index contributed by atoms with van der Waals surface area (Å²) >= 11 is 0. The van der Waals surface area contributed by atoms with Gasteiger partial charge in [-0.2, -0.15) is 0 Å². The number of hydrogen-bond acceptors (Lipinski definition) is 3. The predicted octanol–water partition coefficient (Wildman–Crippen LogP) is 3.17. The molecule has 0 amide bonds. The second-order valence-electron chi connectivity index (χ2n) is 5.79. The molecule has 0 N–H and O–H groups in total. The van der Waals surface area contributed by atoms with Crippen LogP contribution in [0, 0.1) is 12.7 Å². The molecule has 0 unspecified atom stereocenters. The number of halogens is 1. The van der Waals surface area contributed by atoms with Crippen LogP contribution >= 0.6 is 0 Å². The van der Waals surface area contributed by atoms with Gasteiger partial charge in [0, 0.05) is 0 Å². The Morgan fingerprint density at radius 3 is 2.26 bits per heavy atom. The first-order chi connectivity index (χ1) is 8.71. The van der Waals surface area contributed by atoms with Crippen molar-refractivity contribution in [3.05, 3.63) is 35.3 Å². The van der Waals surface area contributed by atoms with E-state index in [0.717, 1.165) is 0 Å². The molecule has 1 saturated heterocycles. The summed E-state index contributed by atoms with van der Waals surface area (Å²) in [6.07, 6.45) is 1.79. The Bertz CT molecular complexity index is 498. The Morgan fingerprint density at radius 2 is 1.74 bits per heavy atom. The van der Waals surface area contributed by atoms with Gasteiger partial charge >= 0.3 is 7.12 Å². The molecule has 3 nitrogen and oxygen atoms in total. The second kappa shape index (κ2) is 4.73. The van der Waals surface area contributed by atoms with Crippen molar-refractivity contribution in [3.63, 3.8) is 0 Å². The Kier molecular flexibility index (Phi) is 3.54. The number of pyridine rings is 1. The zero-order chi connectivity index (χ0) is 14.3. The SMILES string of the molecule is Cc1nc(/C=C/B2OC(C)(C)C(C)(C)O2)ccc1F. The zero-order valence-corrected chi connectivity index (χ0v) is 12.0. The number of rotatable bonds is 2. The van der Waals surface area contributed by atoms with Crippen LogP contribution in [0.25, 0.3) is 6.08 Å². The molecule has 1 fully saturated rings. The van der Waals surface area contributed by atoms with Crippen LogP contribution in [-0.4, -0.2) is 23.3 Å². The monoisotopic (exact) mass is 263 g/mol. The standard InChI is InChI=1S/C14H19BFNO2/c1-10-12(16)7-6-11(17-10)8-9-15-18-13(2,3)14(4,5)19-15/h6-9H,1-5H3/b9-8+. The average molecular weight is 263 g/mol. The Balaban J connectivity index is 2.10. The van der Waals surface area contributed by atoms with E-state index in [-0.39, 0.29) is 17.0 Å². The van der Waals surface area contributed by atoms with Crippen LogP contribution in [0.4, 0.5) is 4.39 Å². The van der Waals surface area contributed by atoms with Gasteiger partial charge in [-0.05, 0) is 52.8 Å². The predicted molar refractivity (Wildman–Crippen MR) is 74.0 cm³/mol. The van der Waals surface area contributed by atoms with E-state index in [1.807, 2.05) is 27.7 Å². The van der Waals surface area contributed by atoms with Gasteiger partial charge in [-0.3, -0.25) is 4.98 Å². The first-order valence-corrected chi connectivity index (χ1v) is 6.38. The van der Waals surface area contributed by atoms with Gasteiger partial charge in [0.2, 0.25) is 0 Å². The lowest BCUT2D eigenvalue weighted by Gasteiger charge is -2.32. The van der Waals surface area contributed by atoms with Crippen LogP contribution in [-0.2, 0) is 9.31 Å². The van der Waals surface area contributed by atoms with E-state index < -0.39 is 7.12 Å². The van der Waals surface area contributed by atoms with Crippen molar-refractivity contribution in [2.45, 2.75) is 45.8 Å². The summed E-state index contributed by atoms with van der Waals surface area (Å²) in [6.45, 7) is 9.64. The fourth-order valence-electron chi connectivity index (χ4n) is 1.80. The van der Waals surface area contributed by atoms with E-state index >= 15 is 0 Å². The molecule has 0 radical (unpaired) electrons. The highest BCUT2D eigenvalue weighted by atomic mass is 19.1. The van der Waals surface area contributed by atoms with Crippen LogP contribution in [0.3, 0.4) is 0 Å². The maximum absolute atomic E-state index is 13.1. The largest absolute Gasteiger partial charge is 0.487 e. The van der Waals surface area contributed by atoms with E-state index in [1.165, 1.54) is 6.07 Å². The summed E-state index contributed by atoms with van der Waals surface area (Å²) in [7, 11) is -0.405. The Morgan fingerprint density at radius 1 is 1.16 bits per heavy atom. The normalized spacial score (nSPS) is 21.3. The Labute approximate surface area is 114 Å². The summed E-state index contributed by atoms with van der Waals surface area (Å²) in [6, 6.07) is 3.04. The molecular formula is C14H19BFNO2. The van der Waals surface area contributed by atoms with Crippen molar-refractivity contribution in [1.29, 1.82) is 0 Å². The summed E-state index contributed by atoms with van der Waals surface area (Å²) in [5.41, 5.74) is 0.368. The van der Waals surface area contributed by atoms with E-state index in [2.05, 4.69) is 4.98 Å². The molecule has 0 aliphatic carbocycles. The molecule has 1 aromatic heterocycles. The van der Waals surface area contributed by atoms with Crippen LogP contribution in [0.2, 0.25) is 0 Å². The van der Waals surface area contributed by atoms with E-state index in [9.17, 15) is 4.39 Å². The summed E-state index contributed by atoms with van der Waals surface area (Å²) in [4.78, 5) is 4.13. The van der Waals surface area contributed by atoms with Crippen molar-refractivity contribution in [3.8, 4) is 0 Å². The molecule has 5 heteroatoms. The summed E-state index contributed by atoms with van der Waals surface area (Å²) in [5, 5.41) is 0. The minimum Gasteiger partial charge on any atom is -0.400 e. The Hall–Kier alpha value is -1.20.